The maximum Gasteiger partial charge on any atom is 0.0658 e. The number of piperidine rings is 1. The van der Waals surface area contributed by atoms with Crippen LogP contribution in [0.5, 0.6) is 0 Å². The summed E-state index contributed by atoms with van der Waals surface area (Å²) in [6, 6.07) is 1.45. The molecule has 3 heteroatoms. The van der Waals surface area contributed by atoms with E-state index in [1.807, 2.05) is 0 Å². The summed E-state index contributed by atoms with van der Waals surface area (Å²) in [7, 11) is 0. The van der Waals surface area contributed by atoms with Gasteiger partial charge in [-0.1, -0.05) is 20.3 Å². The average molecular weight is 296 g/mol. The van der Waals surface area contributed by atoms with Crippen molar-refractivity contribution in [3.05, 3.63) is 0 Å². The van der Waals surface area contributed by atoms with Crippen molar-refractivity contribution >= 4 is 0 Å². The second-order valence-electron chi connectivity index (χ2n) is 7.28. The molecule has 124 valence electrons. The fraction of sp³-hybridized carbons (Fsp3) is 1.00. The lowest BCUT2D eigenvalue weighted by atomic mass is 9.61. The van der Waals surface area contributed by atoms with Gasteiger partial charge in [-0.15, -0.1) is 0 Å². The lowest BCUT2D eigenvalue weighted by molar-refractivity contribution is -0.125. The second-order valence-corrected chi connectivity index (χ2v) is 7.28. The Labute approximate surface area is 131 Å². The van der Waals surface area contributed by atoms with Gasteiger partial charge in [0.05, 0.1) is 6.10 Å². The molecular weight excluding hydrogens is 260 g/mol. The summed E-state index contributed by atoms with van der Waals surface area (Å²) in [5.41, 5.74) is 0.342. The first-order valence-corrected chi connectivity index (χ1v) is 9.20. The summed E-state index contributed by atoms with van der Waals surface area (Å²) in [6.45, 7) is 13.8. The lowest BCUT2D eigenvalue weighted by Crippen LogP contribution is -2.62. The minimum atomic E-state index is 0.342. The van der Waals surface area contributed by atoms with Gasteiger partial charge < -0.3 is 15.0 Å². The number of rotatable bonds is 8. The summed E-state index contributed by atoms with van der Waals surface area (Å²) in [5.74, 6) is 0. The number of hydrogen-bond acceptors (Lipinski definition) is 3. The second kappa shape index (κ2) is 7.94. The molecule has 0 radical (unpaired) electrons. The molecule has 3 nitrogen and oxygen atoms in total. The number of hydrogen-bond donors (Lipinski definition) is 1. The molecule has 4 atom stereocenters. The lowest BCUT2D eigenvalue weighted by Gasteiger charge is -2.54. The van der Waals surface area contributed by atoms with Crippen molar-refractivity contribution in [2.75, 3.05) is 26.2 Å². The smallest absolute Gasteiger partial charge is 0.0658 e. The van der Waals surface area contributed by atoms with Gasteiger partial charge in [0.2, 0.25) is 0 Å². The molecule has 1 saturated heterocycles. The quantitative estimate of drug-likeness (QED) is 0.695. The van der Waals surface area contributed by atoms with Crippen LogP contribution < -0.4 is 5.32 Å². The largest absolute Gasteiger partial charge is 0.378 e. The Morgan fingerprint density at radius 1 is 1.29 bits per heavy atom. The van der Waals surface area contributed by atoms with Crippen LogP contribution in [0.1, 0.15) is 66.2 Å². The Morgan fingerprint density at radius 2 is 2.10 bits per heavy atom. The highest BCUT2D eigenvalue weighted by Gasteiger charge is 2.50. The van der Waals surface area contributed by atoms with Crippen LogP contribution in [0.3, 0.4) is 0 Å². The Kier molecular flexibility index (Phi) is 6.51. The summed E-state index contributed by atoms with van der Waals surface area (Å²) in [4.78, 5) is 2.67. The fourth-order valence-corrected chi connectivity index (χ4v) is 4.11. The molecule has 1 aliphatic heterocycles. The zero-order valence-corrected chi connectivity index (χ0v) is 14.7. The Hall–Kier alpha value is -0.120. The Balaban J connectivity index is 1.65. The van der Waals surface area contributed by atoms with Crippen molar-refractivity contribution in [2.45, 2.75) is 84.4 Å². The zero-order chi connectivity index (χ0) is 15.3. The summed E-state index contributed by atoms with van der Waals surface area (Å²) in [6.07, 6.45) is 8.35. The normalized spacial score (nSPS) is 37.4. The van der Waals surface area contributed by atoms with E-state index in [2.05, 4.69) is 37.9 Å². The molecule has 1 N–H and O–H groups in total. The van der Waals surface area contributed by atoms with Crippen LogP contribution in [0.2, 0.25) is 0 Å². The standard InChI is InChI=1S/C18H36N2O/c1-5-18(4)16(14-17(18)21-6-2)19-11-9-13-20-12-8-7-10-15(20)3/h15-17,19H,5-14H2,1-4H3. The predicted molar refractivity (Wildman–Crippen MR) is 89.7 cm³/mol. The molecule has 0 bridgehead atoms. The number of nitrogens with one attached hydrogen (secondary N) is 1. The third-order valence-corrected chi connectivity index (χ3v) is 6.06. The van der Waals surface area contributed by atoms with E-state index >= 15 is 0 Å². The molecule has 1 saturated carbocycles. The van der Waals surface area contributed by atoms with Crippen LogP contribution in [0.4, 0.5) is 0 Å². The van der Waals surface area contributed by atoms with Crippen molar-refractivity contribution in [3.63, 3.8) is 0 Å². The Bertz CT molecular complexity index is 310. The van der Waals surface area contributed by atoms with Crippen molar-refractivity contribution < 1.29 is 4.74 Å². The van der Waals surface area contributed by atoms with Crippen molar-refractivity contribution in [2.24, 2.45) is 5.41 Å². The van der Waals surface area contributed by atoms with Gasteiger partial charge in [0, 0.05) is 24.1 Å². The molecular formula is C18H36N2O. The van der Waals surface area contributed by atoms with Gasteiger partial charge in [-0.2, -0.15) is 0 Å². The molecule has 0 spiro atoms. The molecule has 0 aromatic rings. The molecule has 2 rings (SSSR count). The van der Waals surface area contributed by atoms with Crippen LogP contribution in [0.15, 0.2) is 0 Å². The molecule has 2 fully saturated rings. The fourth-order valence-electron chi connectivity index (χ4n) is 4.11. The summed E-state index contributed by atoms with van der Waals surface area (Å²) in [5, 5.41) is 3.80. The summed E-state index contributed by atoms with van der Waals surface area (Å²) >= 11 is 0. The molecule has 1 heterocycles. The van der Waals surface area contributed by atoms with Gasteiger partial charge in [-0.25, -0.2) is 0 Å². The van der Waals surface area contributed by atoms with Gasteiger partial charge in [-0.05, 0) is 65.6 Å². The van der Waals surface area contributed by atoms with Crippen LogP contribution in [-0.2, 0) is 4.74 Å². The first-order chi connectivity index (χ1) is 10.1. The number of ether oxygens (including phenoxy) is 1. The van der Waals surface area contributed by atoms with Crippen LogP contribution in [0.25, 0.3) is 0 Å². The van der Waals surface area contributed by atoms with E-state index < -0.39 is 0 Å². The predicted octanol–water partition coefficient (Wildman–Crippen LogP) is 3.43. The topological polar surface area (TPSA) is 24.5 Å². The molecule has 0 aromatic carbocycles. The van der Waals surface area contributed by atoms with E-state index in [0.717, 1.165) is 19.2 Å². The van der Waals surface area contributed by atoms with Crippen LogP contribution in [-0.4, -0.2) is 49.3 Å². The SMILES string of the molecule is CCOC1CC(NCCCN2CCCCC2C)C1(C)CC. The monoisotopic (exact) mass is 296 g/mol. The highest BCUT2D eigenvalue weighted by Crippen LogP contribution is 2.45. The minimum absolute atomic E-state index is 0.342. The van der Waals surface area contributed by atoms with E-state index in [0.29, 0.717) is 17.6 Å². The van der Waals surface area contributed by atoms with E-state index in [9.17, 15) is 0 Å². The molecule has 0 aromatic heterocycles. The van der Waals surface area contributed by atoms with Gasteiger partial charge in [0.25, 0.3) is 0 Å². The average Bonchev–Trinajstić information content (AvgIpc) is 2.50. The number of nitrogens with zero attached hydrogens (tertiary/aromatic N) is 1. The Morgan fingerprint density at radius 3 is 2.76 bits per heavy atom. The van der Waals surface area contributed by atoms with Crippen molar-refractivity contribution in [1.29, 1.82) is 0 Å². The van der Waals surface area contributed by atoms with E-state index in [1.165, 1.54) is 51.6 Å². The zero-order valence-electron chi connectivity index (χ0n) is 14.7. The van der Waals surface area contributed by atoms with Gasteiger partial charge >= 0.3 is 0 Å². The van der Waals surface area contributed by atoms with E-state index in [4.69, 9.17) is 4.74 Å². The van der Waals surface area contributed by atoms with Crippen molar-refractivity contribution in [3.8, 4) is 0 Å². The van der Waals surface area contributed by atoms with Crippen LogP contribution >= 0.6 is 0 Å². The minimum Gasteiger partial charge on any atom is -0.378 e. The first kappa shape index (κ1) is 17.2. The number of likely N-dealkylation sites (tertiary alicyclic amines) is 1. The highest BCUT2D eigenvalue weighted by molar-refractivity contribution is 5.04. The first-order valence-electron chi connectivity index (χ1n) is 9.20. The molecule has 0 amide bonds. The highest BCUT2D eigenvalue weighted by atomic mass is 16.5. The van der Waals surface area contributed by atoms with E-state index in [-0.39, 0.29) is 0 Å². The summed E-state index contributed by atoms with van der Waals surface area (Å²) < 4.78 is 5.88. The van der Waals surface area contributed by atoms with Gasteiger partial charge in [-0.3, -0.25) is 0 Å². The van der Waals surface area contributed by atoms with Gasteiger partial charge in [0.1, 0.15) is 0 Å². The van der Waals surface area contributed by atoms with Crippen LogP contribution in [0, 0.1) is 5.41 Å². The molecule has 1 aliphatic carbocycles. The maximum absolute atomic E-state index is 5.88. The molecule has 4 unspecified atom stereocenters. The third kappa shape index (κ3) is 4.00. The van der Waals surface area contributed by atoms with Gasteiger partial charge in [0.15, 0.2) is 0 Å². The molecule has 21 heavy (non-hydrogen) atoms. The molecule has 2 aliphatic rings. The maximum atomic E-state index is 5.88. The third-order valence-electron chi connectivity index (χ3n) is 6.06. The van der Waals surface area contributed by atoms with Crippen molar-refractivity contribution in [1.82, 2.24) is 10.2 Å². The van der Waals surface area contributed by atoms with E-state index in [1.54, 1.807) is 0 Å².